The van der Waals surface area contributed by atoms with Gasteiger partial charge in [-0.1, -0.05) is 29.3 Å². The van der Waals surface area contributed by atoms with Crippen molar-refractivity contribution in [2.24, 2.45) is 11.8 Å². The molecule has 0 radical (unpaired) electrons. The lowest BCUT2D eigenvalue weighted by Crippen LogP contribution is -2.16. The van der Waals surface area contributed by atoms with Crippen molar-refractivity contribution >= 4 is 43.5 Å². The van der Waals surface area contributed by atoms with Crippen LogP contribution in [-0.4, -0.2) is 16.1 Å². The molecular weight excluding hydrogens is 338 g/mol. The largest absolute Gasteiger partial charge is 0.481 e. The average molecular weight is 354 g/mol. The van der Waals surface area contributed by atoms with Crippen LogP contribution in [0.1, 0.15) is 37.1 Å². The molecule has 1 N–H and O–H groups in total. The molecule has 1 fully saturated rings. The van der Waals surface area contributed by atoms with E-state index in [-0.39, 0.29) is 11.8 Å². The van der Waals surface area contributed by atoms with Crippen molar-refractivity contribution in [3.63, 3.8) is 0 Å². The third kappa shape index (κ3) is 2.49. The zero-order valence-corrected chi connectivity index (χ0v) is 13.6. The SMILES string of the molecule is CCC1CC(C(=O)O)C(c2nc3cc(Br)ccc3s2)C1. The van der Waals surface area contributed by atoms with E-state index < -0.39 is 5.97 Å². The molecule has 3 atom stereocenters. The number of benzene rings is 1. The molecule has 1 aliphatic rings. The summed E-state index contributed by atoms with van der Waals surface area (Å²) in [6, 6.07) is 6.04. The number of rotatable bonds is 3. The van der Waals surface area contributed by atoms with Gasteiger partial charge < -0.3 is 5.11 Å². The number of carboxylic acids is 1. The number of carboxylic acid groups (broad SMARTS) is 1. The molecule has 3 nitrogen and oxygen atoms in total. The first-order valence-corrected chi connectivity index (χ1v) is 8.48. The molecular formula is C15H16BrNO2S. The molecule has 3 unspecified atom stereocenters. The number of fused-ring (bicyclic) bond motifs is 1. The number of aromatic nitrogens is 1. The predicted octanol–water partition coefficient (Wildman–Crippen LogP) is 4.66. The van der Waals surface area contributed by atoms with Gasteiger partial charge in [0.25, 0.3) is 0 Å². The summed E-state index contributed by atoms with van der Waals surface area (Å²) in [5.74, 6) is -0.358. The monoisotopic (exact) mass is 353 g/mol. The molecule has 1 aromatic carbocycles. The maximum absolute atomic E-state index is 11.5. The van der Waals surface area contributed by atoms with Gasteiger partial charge in [0.1, 0.15) is 0 Å². The van der Waals surface area contributed by atoms with Crippen LogP contribution in [0.3, 0.4) is 0 Å². The summed E-state index contributed by atoms with van der Waals surface area (Å²) in [7, 11) is 0. The molecule has 1 aromatic heterocycles. The van der Waals surface area contributed by atoms with E-state index in [4.69, 9.17) is 0 Å². The van der Waals surface area contributed by atoms with Crippen molar-refractivity contribution < 1.29 is 9.90 Å². The third-order valence-corrected chi connectivity index (χ3v) is 5.90. The van der Waals surface area contributed by atoms with Gasteiger partial charge in [0, 0.05) is 10.4 Å². The van der Waals surface area contributed by atoms with Crippen LogP contribution in [0.2, 0.25) is 0 Å². The molecule has 0 aliphatic heterocycles. The summed E-state index contributed by atoms with van der Waals surface area (Å²) >= 11 is 5.09. The Balaban J connectivity index is 1.98. The Morgan fingerprint density at radius 2 is 2.30 bits per heavy atom. The van der Waals surface area contributed by atoms with Crippen LogP contribution in [-0.2, 0) is 4.79 Å². The number of thiazole rings is 1. The second-order valence-electron chi connectivity index (χ2n) is 5.46. The number of hydrogen-bond donors (Lipinski definition) is 1. The van der Waals surface area contributed by atoms with E-state index in [0.717, 1.165) is 39.0 Å². The molecule has 1 saturated carbocycles. The van der Waals surface area contributed by atoms with Gasteiger partial charge in [-0.15, -0.1) is 11.3 Å². The van der Waals surface area contributed by atoms with E-state index in [1.807, 2.05) is 18.2 Å². The molecule has 5 heteroatoms. The fourth-order valence-corrected chi connectivity index (χ4v) is 4.57. The standard InChI is InChI=1S/C15H16BrNO2S/c1-2-8-5-10(11(6-8)15(18)19)14-17-12-7-9(16)3-4-13(12)20-14/h3-4,7-8,10-11H,2,5-6H2,1H3,(H,18,19). The third-order valence-electron chi connectivity index (χ3n) is 4.24. The Kier molecular flexibility index (Phi) is 3.82. The Morgan fingerprint density at radius 3 is 3.00 bits per heavy atom. The number of aliphatic carboxylic acids is 1. The number of carbonyl (C=O) groups is 1. The molecule has 3 rings (SSSR count). The smallest absolute Gasteiger partial charge is 0.307 e. The van der Waals surface area contributed by atoms with Crippen LogP contribution in [0, 0.1) is 11.8 Å². The first kappa shape index (κ1) is 14.0. The minimum atomic E-state index is -0.675. The molecule has 2 aromatic rings. The Morgan fingerprint density at radius 1 is 1.50 bits per heavy atom. The highest BCUT2D eigenvalue weighted by molar-refractivity contribution is 9.10. The Hall–Kier alpha value is -0.940. The van der Waals surface area contributed by atoms with Crippen molar-refractivity contribution in [3.8, 4) is 0 Å². The maximum atomic E-state index is 11.5. The summed E-state index contributed by atoms with van der Waals surface area (Å²) in [5.41, 5.74) is 0.962. The van der Waals surface area contributed by atoms with Crippen LogP contribution in [0.4, 0.5) is 0 Å². The van der Waals surface area contributed by atoms with Crippen LogP contribution in [0.25, 0.3) is 10.2 Å². The molecule has 106 valence electrons. The zero-order chi connectivity index (χ0) is 14.3. The van der Waals surface area contributed by atoms with E-state index in [1.54, 1.807) is 11.3 Å². The van der Waals surface area contributed by atoms with E-state index in [0.29, 0.717) is 5.92 Å². The highest BCUT2D eigenvalue weighted by Gasteiger charge is 2.40. The van der Waals surface area contributed by atoms with Gasteiger partial charge in [-0.25, -0.2) is 4.98 Å². The molecule has 1 heterocycles. The van der Waals surface area contributed by atoms with E-state index in [9.17, 15) is 9.90 Å². The maximum Gasteiger partial charge on any atom is 0.307 e. The lowest BCUT2D eigenvalue weighted by atomic mass is 9.97. The topological polar surface area (TPSA) is 50.2 Å². The van der Waals surface area contributed by atoms with Gasteiger partial charge in [-0.3, -0.25) is 4.79 Å². The number of hydrogen-bond acceptors (Lipinski definition) is 3. The van der Waals surface area contributed by atoms with E-state index in [1.165, 1.54) is 0 Å². The van der Waals surface area contributed by atoms with Crippen molar-refractivity contribution in [2.45, 2.75) is 32.1 Å². The van der Waals surface area contributed by atoms with E-state index in [2.05, 4.69) is 27.8 Å². The molecule has 20 heavy (non-hydrogen) atoms. The summed E-state index contributed by atoms with van der Waals surface area (Å²) in [6.45, 7) is 2.14. The Labute approximate surface area is 130 Å². The van der Waals surface area contributed by atoms with Crippen molar-refractivity contribution in [1.82, 2.24) is 4.98 Å². The summed E-state index contributed by atoms with van der Waals surface area (Å²) < 4.78 is 2.14. The van der Waals surface area contributed by atoms with Crippen LogP contribution in [0.15, 0.2) is 22.7 Å². The zero-order valence-electron chi connectivity index (χ0n) is 11.2. The van der Waals surface area contributed by atoms with Gasteiger partial charge in [0.15, 0.2) is 0 Å². The van der Waals surface area contributed by atoms with E-state index >= 15 is 0 Å². The second kappa shape index (κ2) is 5.45. The normalized spacial score (nSPS) is 26.2. The van der Waals surface area contributed by atoms with Gasteiger partial charge in [-0.05, 0) is 37.0 Å². The number of halogens is 1. The van der Waals surface area contributed by atoms with Crippen molar-refractivity contribution in [2.75, 3.05) is 0 Å². The lowest BCUT2D eigenvalue weighted by Gasteiger charge is -2.11. The van der Waals surface area contributed by atoms with Crippen molar-refractivity contribution in [3.05, 3.63) is 27.7 Å². The predicted molar refractivity (Wildman–Crippen MR) is 84.2 cm³/mol. The highest BCUT2D eigenvalue weighted by Crippen LogP contribution is 2.46. The summed E-state index contributed by atoms with van der Waals surface area (Å²) in [6.07, 6.45) is 2.79. The van der Waals surface area contributed by atoms with Gasteiger partial charge in [0.2, 0.25) is 0 Å². The Bertz CT molecular complexity index is 654. The summed E-state index contributed by atoms with van der Waals surface area (Å²) in [5, 5.41) is 10.4. The molecule has 0 spiro atoms. The van der Waals surface area contributed by atoms with Crippen molar-refractivity contribution in [1.29, 1.82) is 0 Å². The molecule has 0 bridgehead atoms. The van der Waals surface area contributed by atoms with Gasteiger partial charge in [-0.2, -0.15) is 0 Å². The minimum Gasteiger partial charge on any atom is -0.481 e. The fourth-order valence-electron chi connectivity index (χ4n) is 3.10. The quantitative estimate of drug-likeness (QED) is 0.872. The summed E-state index contributed by atoms with van der Waals surface area (Å²) in [4.78, 5) is 16.2. The van der Waals surface area contributed by atoms with Crippen LogP contribution < -0.4 is 0 Å². The number of nitrogens with zero attached hydrogens (tertiary/aromatic N) is 1. The molecule has 1 aliphatic carbocycles. The van der Waals surface area contributed by atoms with Gasteiger partial charge in [0.05, 0.1) is 21.1 Å². The van der Waals surface area contributed by atoms with Crippen LogP contribution >= 0.6 is 27.3 Å². The average Bonchev–Trinajstić information content (AvgIpc) is 3.00. The highest BCUT2D eigenvalue weighted by atomic mass is 79.9. The van der Waals surface area contributed by atoms with Gasteiger partial charge >= 0.3 is 5.97 Å². The second-order valence-corrected chi connectivity index (χ2v) is 7.44. The minimum absolute atomic E-state index is 0.0774. The first-order valence-electron chi connectivity index (χ1n) is 6.87. The first-order chi connectivity index (χ1) is 9.58. The molecule has 0 amide bonds. The fraction of sp³-hybridized carbons (Fsp3) is 0.467. The van der Waals surface area contributed by atoms with Crippen LogP contribution in [0.5, 0.6) is 0 Å². The lowest BCUT2D eigenvalue weighted by molar-refractivity contribution is -0.142. The molecule has 0 saturated heterocycles.